The molecule has 22 heavy (non-hydrogen) atoms. The fraction of sp³-hybridized carbons (Fsp3) is 0.333. The summed E-state index contributed by atoms with van der Waals surface area (Å²) in [4.78, 5) is 41.1. The molecule has 2 atom stereocenters. The number of rotatable bonds is 1. The van der Waals surface area contributed by atoms with Crippen molar-refractivity contribution >= 4 is 34.9 Å². The summed E-state index contributed by atoms with van der Waals surface area (Å²) in [6.45, 7) is 1.72. The van der Waals surface area contributed by atoms with E-state index in [-0.39, 0.29) is 22.7 Å². The minimum absolute atomic E-state index is 0.210. The van der Waals surface area contributed by atoms with E-state index >= 15 is 0 Å². The van der Waals surface area contributed by atoms with Crippen LogP contribution in [-0.2, 0) is 9.59 Å². The van der Waals surface area contributed by atoms with E-state index < -0.39 is 11.9 Å². The lowest BCUT2D eigenvalue weighted by Crippen LogP contribution is -2.66. The van der Waals surface area contributed by atoms with Crippen molar-refractivity contribution in [1.29, 1.82) is 0 Å². The molecule has 0 bridgehead atoms. The quantitative estimate of drug-likeness (QED) is 0.453. The first-order chi connectivity index (χ1) is 10.4. The highest BCUT2D eigenvalue weighted by atomic mass is 16.2. The van der Waals surface area contributed by atoms with E-state index in [1.54, 1.807) is 32.2 Å². The van der Waals surface area contributed by atoms with Gasteiger partial charge in [0.2, 0.25) is 11.7 Å². The Kier molecular flexibility index (Phi) is 3.10. The van der Waals surface area contributed by atoms with Crippen LogP contribution in [0.1, 0.15) is 30.1 Å². The molecule has 0 spiro atoms. The molecule has 2 aliphatic rings. The van der Waals surface area contributed by atoms with Crippen molar-refractivity contribution in [1.82, 2.24) is 5.32 Å². The van der Waals surface area contributed by atoms with Crippen LogP contribution in [0.5, 0.6) is 0 Å². The molecule has 1 fully saturated rings. The van der Waals surface area contributed by atoms with E-state index in [2.05, 4.69) is 10.3 Å². The maximum atomic E-state index is 13.0. The number of aliphatic imine (C=N–C) groups is 1. The van der Waals surface area contributed by atoms with Crippen LogP contribution in [0.25, 0.3) is 0 Å². The minimum Gasteiger partial charge on any atom is -0.398 e. The number of benzene rings is 1. The SMILES string of the molecule is CC1=Nc2cccc(N)c2C(=O)[N+]1(C)C1CCC(=O)NC1=O. The highest BCUT2D eigenvalue weighted by Gasteiger charge is 2.52. The molecule has 2 heterocycles. The fourth-order valence-corrected chi connectivity index (χ4v) is 3.08. The van der Waals surface area contributed by atoms with Gasteiger partial charge >= 0.3 is 5.91 Å². The third kappa shape index (κ3) is 1.86. The Labute approximate surface area is 127 Å². The van der Waals surface area contributed by atoms with Crippen molar-refractivity contribution in [3.05, 3.63) is 23.8 Å². The summed E-state index contributed by atoms with van der Waals surface area (Å²) in [6.07, 6.45) is 0.518. The summed E-state index contributed by atoms with van der Waals surface area (Å²) in [5, 5.41) is 2.30. The molecule has 0 aliphatic carbocycles. The smallest absolute Gasteiger partial charge is 0.356 e. The summed E-state index contributed by atoms with van der Waals surface area (Å²) < 4.78 is -0.277. The standard InChI is InChI=1S/C15H16N4O3/c1-8-17-10-5-3-4-9(16)13(10)15(22)19(8,2)11-6-7-12(20)18-14(11)21/h3-5,11H,6-7H2,1-2H3,(H2-,16,18,20,21,22)/p+1. The van der Waals surface area contributed by atoms with Gasteiger partial charge in [0.25, 0.3) is 5.91 Å². The molecule has 7 heteroatoms. The van der Waals surface area contributed by atoms with Gasteiger partial charge in [0.15, 0.2) is 6.04 Å². The third-order valence-electron chi connectivity index (χ3n) is 4.50. The van der Waals surface area contributed by atoms with Crippen molar-refractivity contribution in [3.63, 3.8) is 0 Å². The van der Waals surface area contributed by atoms with E-state index in [0.717, 1.165) is 0 Å². The molecule has 114 valence electrons. The first kappa shape index (κ1) is 14.4. The van der Waals surface area contributed by atoms with Crippen LogP contribution in [0, 0.1) is 0 Å². The largest absolute Gasteiger partial charge is 0.398 e. The molecule has 3 rings (SSSR count). The van der Waals surface area contributed by atoms with Crippen molar-refractivity contribution in [2.24, 2.45) is 4.99 Å². The molecule has 2 aliphatic heterocycles. The zero-order valence-corrected chi connectivity index (χ0v) is 12.4. The number of amidine groups is 1. The van der Waals surface area contributed by atoms with Crippen molar-refractivity contribution < 1.29 is 18.9 Å². The zero-order chi connectivity index (χ0) is 16.1. The number of amides is 3. The van der Waals surface area contributed by atoms with Crippen molar-refractivity contribution in [3.8, 4) is 0 Å². The second kappa shape index (κ2) is 4.74. The summed E-state index contributed by atoms with van der Waals surface area (Å²) >= 11 is 0. The number of nitrogens with two attached hydrogens (primary N) is 1. The van der Waals surface area contributed by atoms with Gasteiger partial charge in [-0.1, -0.05) is 6.07 Å². The van der Waals surface area contributed by atoms with Gasteiger partial charge in [-0.15, -0.1) is 0 Å². The molecule has 7 nitrogen and oxygen atoms in total. The molecule has 0 saturated carbocycles. The number of carbonyl (C=O) groups excluding carboxylic acids is 3. The van der Waals surface area contributed by atoms with E-state index in [1.807, 2.05) is 0 Å². The number of likely N-dealkylation sites (N-methyl/N-ethyl adjacent to an activating group) is 1. The molecule has 1 saturated heterocycles. The molecule has 3 amide bonds. The summed E-state index contributed by atoms with van der Waals surface area (Å²) in [6, 6.07) is 4.42. The Hall–Kier alpha value is -2.54. The van der Waals surface area contributed by atoms with Crippen LogP contribution in [0.2, 0.25) is 0 Å². The number of nitrogens with zero attached hydrogens (tertiary/aromatic N) is 2. The third-order valence-corrected chi connectivity index (χ3v) is 4.50. The Morgan fingerprint density at radius 2 is 2.05 bits per heavy atom. The number of nitrogens with one attached hydrogen (secondary N) is 1. The predicted molar refractivity (Wildman–Crippen MR) is 80.3 cm³/mol. The number of carbonyl (C=O) groups is 3. The predicted octanol–water partition coefficient (Wildman–Crippen LogP) is 0.724. The van der Waals surface area contributed by atoms with Crippen LogP contribution >= 0.6 is 0 Å². The molecule has 0 aromatic heterocycles. The number of imide groups is 1. The number of hydrogen-bond donors (Lipinski definition) is 2. The lowest BCUT2D eigenvalue weighted by Gasteiger charge is -2.40. The number of fused-ring (bicyclic) bond motifs is 1. The molecule has 1 aromatic carbocycles. The maximum Gasteiger partial charge on any atom is 0.356 e. The van der Waals surface area contributed by atoms with Crippen molar-refractivity contribution in [2.75, 3.05) is 12.8 Å². The molecule has 1 aromatic rings. The average Bonchev–Trinajstić information content (AvgIpc) is 2.44. The number of piperidine rings is 1. The Morgan fingerprint density at radius 1 is 1.32 bits per heavy atom. The lowest BCUT2D eigenvalue weighted by atomic mass is 9.97. The highest BCUT2D eigenvalue weighted by molar-refractivity contribution is 6.10. The zero-order valence-electron chi connectivity index (χ0n) is 12.4. The fourth-order valence-electron chi connectivity index (χ4n) is 3.08. The van der Waals surface area contributed by atoms with Crippen LogP contribution in [0.15, 0.2) is 23.2 Å². The molecule has 0 radical (unpaired) electrons. The Bertz CT molecular complexity index is 740. The minimum atomic E-state index is -0.679. The number of hydrogen-bond acceptors (Lipinski definition) is 5. The van der Waals surface area contributed by atoms with E-state index in [0.29, 0.717) is 29.2 Å². The van der Waals surface area contributed by atoms with E-state index in [9.17, 15) is 14.4 Å². The summed E-state index contributed by atoms with van der Waals surface area (Å²) in [5.74, 6) is -0.515. The normalized spacial score (nSPS) is 28.0. The topological polar surface area (TPSA) is 102 Å². The monoisotopic (exact) mass is 301 g/mol. The molecular formula is C15H17N4O3+. The number of quaternary nitrogens is 1. The van der Waals surface area contributed by atoms with Crippen LogP contribution < -0.4 is 11.1 Å². The first-order valence-electron chi connectivity index (χ1n) is 7.05. The van der Waals surface area contributed by atoms with Crippen LogP contribution in [0.3, 0.4) is 0 Å². The Morgan fingerprint density at radius 3 is 2.73 bits per heavy atom. The number of anilines is 1. The highest BCUT2D eigenvalue weighted by Crippen LogP contribution is 2.36. The second-order valence-corrected chi connectivity index (χ2v) is 5.75. The van der Waals surface area contributed by atoms with Gasteiger partial charge in [-0.3, -0.25) is 14.9 Å². The molecular weight excluding hydrogens is 284 g/mol. The van der Waals surface area contributed by atoms with Gasteiger partial charge < -0.3 is 5.73 Å². The maximum absolute atomic E-state index is 13.0. The molecule has 2 unspecified atom stereocenters. The van der Waals surface area contributed by atoms with Gasteiger partial charge in [0.1, 0.15) is 5.56 Å². The van der Waals surface area contributed by atoms with Crippen LogP contribution in [0.4, 0.5) is 11.4 Å². The Balaban J connectivity index is 2.12. The van der Waals surface area contributed by atoms with Crippen molar-refractivity contribution in [2.45, 2.75) is 25.8 Å². The van der Waals surface area contributed by atoms with E-state index in [4.69, 9.17) is 5.73 Å². The second-order valence-electron chi connectivity index (χ2n) is 5.75. The summed E-state index contributed by atoms with van der Waals surface area (Å²) in [7, 11) is 1.65. The summed E-state index contributed by atoms with van der Waals surface area (Å²) in [5.41, 5.74) is 7.13. The average molecular weight is 301 g/mol. The van der Waals surface area contributed by atoms with Gasteiger partial charge in [0, 0.05) is 19.8 Å². The van der Waals surface area contributed by atoms with Gasteiger partial charge in [-0.05, 0) is 12.1 Å². The molecule has 3 N–H and O–H groups in total. The number of nitrogen functional groups attached to an aromatic ring is 1. The lowest BCUT2D eigenvalue weighted by molar-refractivity contribution is -0.755. The van der Waals surface area contributed by atoms with Gasteiger partial charge in [0.05, 0.1) is 18.4 Å². The van der Waals surface area contributed by atoms with Gasteiger partial charge in [-0.2, -0.15) is 4.99 Å². The van der Waals surface area contributed by atoms with Crippen LogP contribution in [-0.4, -0.2) is 41.1 Å². The first-order valence-corrected chi connectivity index (χ1v) is 7.05. The van der Waals surface area contributed by atoms with E-state index in [1.165, 1.54) is 0 Å². The van der Waals surface area contributed by atoms with Gasteiger partial charge in [-0.25, -0.2) is 9.28 Å².